The molecule has 0 saturated carbocycles. The van der Waals surface area contributed by atoms with E-state index < -0.39 is 6.67 Å². The average molecular weight is 517 g/mol. The predicted octanol–water partition coefficient (Wildman–Crippen LogP) is 2.75. The van der Waals surface area contributed by atoms with Crippen molar-refractivity contribution >= 4 is 34.4 Å². The third-order valence-electron chi connectivity index (χ3n) is 6.84. The Bertz CT molecular complexity index is 1590. The third kappa shape index (κ3) is 4.92. The molecule has 1 saturated heterocycles. The molecule has 4 aromatic rings. The van der Waals surface area contributed by atoms with Gasteiger partial charge in [-0.05, 0) is 55.4 Å². The first kappa shape index (κ1) is 25.3. The Balaban J connectivity index is 1.47. The van der Waals surface area contributed by atoms with Crippen molar-refractivity contribution < 1.29 is 9.18 Å². The van der Waals surface area contributed by atoms with Crippen LogP contribution in [0.15, 0.2) is 47.4 Å². The number of carbonyl (C=O) groups is 1. The van der Waals surface area contributed by atoms with Crippen molar-refractivity contribution in [3.8, 4) is 11.3 Å². The van der Waals surface area contributed by atoms with E-state index in [1.165, 1.54) is 10.8 Å². The highest BCUT2D eigenvalue weighted by Crippen LogP contribution is 2.26. The van der Waals surface area contributed by atoms with Gasteiger partial charge in [-0.1, -0.05) is 6.07 Å². The lowest BCUT2D eigenvalue weighted by Gasteiger charge is -2.34. The zero-order valence-corrected chi connectivity index (χ0v) is 21.5. The lowest BCUT2D eigenvalue weighted by Crippen LogP contribution is -2.44. The largest absolute Gasteiger partial charge is 0.369 e. The van der Waals surface area contributed by atoms with Gasteiger partial charge in [-0.3, -0.25) is 14.2 Å². The van der Waals surface area contributed by atoms with Crippen LogP contribution in [0.4, 0.5) is 21.7 Å². The predicted molar refractivity (Wildman–Crippen MR) is 146 cm³/mol. The van der Waals surface area contributed by atoms with Crippen LogP contribution in [0.2, 0.25) is 0 Å². The molecule has 0 aliphatic carbocycles. The smallest absolute Gasteiger partial charge is 0.278 e. The fraction of sp³-hybridized carbons (Fsp3) is 0.296. The van der Waals surface area contributed by atoms with E-state index in [1.807, 2.05) is 13.0 Å². The summed E-state index contributed by atoms with van der Waals surface area (Å²) in [5, 5.41) is 2.90. The molecular formula is C27H29FN8O2. The van der Waals surface area contributed by atoms with Crippen LogP contribution in [-0.2, 0) is 13.7 Å². The number of nitrogens with zero attached hydrogens (tertiary/aromatic N) is 6. The van der Waals surface area contributed by atoms with Crippen LogP contribution in [0.3, 0.4) is 0 Å². The summed E-state index contributed by atoms with van der Waals surface area (Å²) in [4.78, 5) is 43.4. The van der Waals surface area contributed by atoms with E-state index >= 15 is 0 Å². The lowest BCUT2D eigenvalue weighted by molar-refractivity contribution is 0.102. The zero-order chi connectivity index (χ0) is 27.0. The Kier molecular flexibility index (Phi) is 6.77. The van der Waals surface area contributed by atoms with E-state index in [2.05, 4.69) is 37.1 Å². The van der Waals surface area contributed by atoms with E-state index in [1.54, 1.807) is 37.4 Å². The SMILES string of the molecule is Cc1ccc(NC(=O)c2cc(CF)cc(N3CCN(C)CC3)c2)cc1-c1nc2cnc(N)nc2n(C)c1=O. The maximum Gasteiger partial charge on any atom is 0.278 e. The number of aromatic nitrogens is 4. The number of hydrogen-bond acceptors (Lipinski definition) is 8. The summed E-state index contributed by atoms with van der Waals surface area (Å²) < 4.78 is 15.1. The second-order valence-corrected chi connectivity index (χ2v) is 9.56. The monoisotopic (exact) mass is 516 g/mol. The van der Waals surface area contributed by atoms with Crippen molar-refractivity contribution in [3.63, 3.8) is 0 Å². The second kappa shape index (κ2) is 10.2. The number of benzene rings is 2. The number of nitrogens with one attached hydrogen (secondary N) is 1. The van der Waals surface area contributed by atoms with Gasteiger partial charge in [-0.15, -0.1) is 0 Å². The van der Waals surface area contributed by atoms with E-state index in [0.717, 1.165) is 37.4 Å². The molecule has 5 rings (SSSR count). The molecule has 0 atom stereocenters. The van der Waals surface area contributed by atoms with Gasteiger partial charge >= 0.3 is 0 Å². The molecule has 0 spiro atoms. The number of nitrogen functional groups attached to an aromatic ring is 1. The summed E-state index contributed by atoms with van der Waals surface area (Å²) in [5.74, 6) is -0.315. The first-order valence-electron chi connectivity index (χ1n) is 12.3. The molecule has 3 N–H and O–H groups in total. The number of nitrogens with two attached hydrogens (primary N) is 1. The lowest BCUT2D eigenvalue weighted by atomic mass is 10.0. The van der Waals surface area contributed by atoms with Gasteiger partial charge in [-0.2, -0.15) is 4.98 Å². The van der Waals surface area contributed by atoms with Crippen molar-refractivity contribution in [2.24, 2.45) is 7.05 Å². The number of likely N-dealkylation sites (N-methyl/N-ethyl adjacent to an activating group) is 1. The van der Waals surface area contributed by atoms with Crippen LogP contribution >= 0.6 is 0 Å². The zero-order valence-electron chi connectivity index (χ0n) is 21.5. The van der Waals surface area contributed by atoms with Gasteiger partial charge in [0.15, 0.2) is 5.65 Å². The number of aryl methyl sites for hydroxylation is 2. The molecule has 1 aliphatic rings. The van der Waals surface area contributed by atoms with E-state index in [0.29, 0.717) is 33.5 Å². The minimum Gasteiger partial charge on any atom is -0.369 e. The fourth-order valence-corrected chi connectivity index (χ4v) is 4.59. The van der Waals surface area contributed by atoms with Gasteiger partial charge < -0.3 is 20.9 Å². The Morgan fingerprint density at radius 3 is 2.58 bits per heavy atom. The summed E-state index contributed by atoms with van der Waals surface area (Å²) in [6, 6.07) is 10.4. The van der Waals surface area contributed by atoms with Gasteiger partial charge in [0.1, 0.15) is 17.9 Å². The fourth-order valence-electron chi connectivity index (χ4n) is 4.59. The van der Waals surface area contributed by atoms with E-state index in [-0.39, 0.29) is 23.1 Å². The molecule has 11 heteroatoms. The van der Waals surface area contributed by atoms with Gasteiger partial charge in [0.25, 0.3) is 11.5 Å². The van der Waals surface area contributed by atoms with Crippen molar-refractivity contribution in [1.29, 1.82) is 0 Å². The van der Waals surface area contributed by atoms with Gasteiger partial charge in [0.2, 0.25) is 5.95 Å². The van der Waals surface area contributed by atoms with Crippen molar-refractivity contribution in [2.45, 2.75) is 13.6 Å². The molecule has 0 radical (unpaired) electrons. The Morgan fingerprint density at radius 2 is 1.84 bits per heavy atom. The quantitative estimate of drug-likeness (QED) is 0.415. The summed E-state index contributed by atoms with van der Waals surface area (Å²) in [6.45, 7) is 4.60. The molecule has 196 valence electrons. The minimum absolute atomic E-state index is 0.0514. The van der Waals surface area contributed by atoms with Crippen molar-refractivity contribution in [1.82, 2.24) is 24.4 Å². The van der Waals surface area contributed by atoms with Crippen LogP contribution in [0.25, 0.3) is 22.4 Å². The van der Waals surface area contributed by atoms with E-state index in [4.69, 9.17) is 5.73 Å². The number of amides is 1. The van der Waals surface area contributed by atoms with E-state index in [9.17, 15) is 14.0 Å². The number of piperazine rings is 1. The molecule has 10 nitrogen and oxygen atoms in total. The van der Waals surface area contributed by atoms with Crippen LogP contribution in [0.5, 0.6) is 0 Å². The highest BCUT2D eigenvalue weighted by atomic mass is 19.1. The summed E-state index contributed by atoms with van der Waals surface area (Å²) in [7, 11) is 3.66. The molecule has 1 fully saturated rings. The topological polar surface area (TPSA) is 122 Å². The number of fused-ring (bicyclic) bond motifs is 1. The molecule has 2 aromatic carbocycles. The third-order valence-corrected chi connectivity index (χ3v) is 6.84. The maximum atomic E-state index is 13.7. The Hall–Kier alpha value is -4.38. The first-order chi connectivity index (χ1) is 18.2. The van der Waals surface area contributed by atoms with Gasteiger partial charge in [0.05, 0.1) is 6.20 Å². The average Bonchev–Trinajstić information content (AvgIpc) is 2.92. The molecule has 0 bridgehead atoms. The highest BCUT2D eigenvalue weighted by Gasteiger charge is 2.19. The molecule has 3 heterocycles. The number of alkyl halides is 1. The number of carbonyl (C=O) groups excluding carboxylic acids is 1. The minimum atomic E-state index is -0.664. The van der Waals surface area contributed by atoms with Crippen LogP contribution in [-0.4, -0.2) is 63.6 Å². The molecule has 1 amide bonds. The Labute approximate surface area is 218 Å². The highest BCUT2D eigenvalue weighted by molar-refractivity contribution is 6.05. The normalized spacial score (nSPS) is 14.2. The van der Waals surface area contributed by atoms with Crippen LogP contribution < -0.4 is 21.5 Å². The van der Waals surface area contributed by atoms with Crippen LogP contribution in [0, 0.1) is 6.92 Å². The number of halogens is 1. The van der Waals surface area contributed by atoms with Crippen molar-refractivity contribution in [3.05, 3.63) is 69.6 Å². The maximum absolute atomic E-state index is 13.7. The number of rotatable bonds is 5. The number of anilines is 3. The summed E-state index contributed by atoms with van der Waals surface area (Å²) >= 11 is 0. The molecule has 38 heavy (non-hydrogen) atoms. The first-order valence-corrected chi connectivity index (χ1v) is 12.3. The van der Waals surface area contributed by atoms with Crippen LogP contribution in [0.1, 0.15) is 21.5 Å². The van der Waals surface area contributed by atoms with Crippen molar-refractivity contribution in [2.75, 3.05) is 49.2 Å². The molecular weight excluding hydrogens is 487 g/mol. The molecule has 2 aromatic heterocycles. The molecule has 0 unspecified atom stereocenters. The number of hydrogen-bond donors (Lipinski definition) is 2. The van der Waals surface area contributed by atoms with Gasteiger partial charge in [-0.25, -0.2) is 14.4 Å². The summed E-state index contributed by atoms with van der Waals surface area (Å²) in [5.41, 5.74) is 9.78. The Morgan fingerprint density at radius 1 is 1.08 bits per heavy atom. The standard InChI is InChI=1S/C27H29FN8O2/c1-16-4-5-19(13-21(16)23-26(38)35(3)24-22(32-23)15-30-27(29)33-24)31-25(37)18-10-17(14-28)11-20(12-18)36-8-6-34(2)7-9-36/h4-5,10-13,15H,6-9,14H2,1-3H3,(H,31,37)(H2,29,30,33). The summed E-state index contributed by atoms with van der Waals surface area (Å²) in [6.07, 6.45) is 1.47. The van der Waals surface area contributed by atoms with Gasteiger partial charge in [0, 0.05) is 55.7 Å². The second-order valence-electron chi connectivity index (χ2n) is 9.56. The molecule has 1 aliphatic heterocycles.